The number of fused-ring (bicyclic) bond motifs is 1. The van der Waals surface area contributed by atoms with Gasteiger partial charge >= 0.3 is 0 Å². The molecule has 0 bridgehead atoms. The predicted octanol–water partition coefficient (Wildman–Crippen LogP) is 2.15. The van der Waals surface area contributed by atoms with Crippen molar-refractivity contribution in [1.82, 2.24) is 9.55 Å². The molecule has 0 saturated carbocycles. The lowest BCUT2D eigenvalue weighted by molar-refractivity contribution is 0.884. The van der Waals surface area contributed by atoms with Gasteiger partial charge in [-0.25, -0.2) is 4.98 Å². The summed E-state index contributed by atoms with van der Waals surface area (Å²) in [5.74, 6) is 1.02. The minimum Gasteiger partial charge on any atom is -0.330 e. The number of nitrogens with zero attached hydrogens (tertiary/aromatic N) is 2. The van der Waals surface area contributed by atoms with E-state index in [1.165, 1.54) is 5.56 Å². The minimum absolute atomic E-state index is 0.670. The molecule has 0 unspecified atom stereocenters. The Hall–Kier alpha value is -0.870. The molecule has 1 aromatic heterocycles. The third-order valence-electron chi connectivity index (χ3n) is 2.64. The van der Waals surface area contributed by atoms with Gasteiger partial charge < -0.3 is 10.3 Å². The van der Waals surface area contributed by atoms with Crippen LogP contribution in [0, 0.1) is 6.92 Å². The molecule has 15 heavy (non-hydrogen) atoms. The van der Waals surface area contributed by atoms with Crippen molar-refractivity contribution in [3.05, 3.63) is 28.0 Å². The third-order valence-corrected chi connectivity index (χ3v) is 3.24. The van der Waals surface area contributed by atoms with Gasteiger partial charge in [0, 0.05) is 11.5 Å². The molecule has 1 heterocycles. The van der Waals surface area contributed by atoms with Crippen LogP contribution in [0.5, 0.6) is 0 Å². The summed E-state index contributed by atoms with van der Waals surface area (Å²) in [5.41, 5.74) is 8.96. The molecule has 0 spiro atoms. The van der Waals surface area contributed by atoms with E-state index >= 15 is 0 Å². The Labute approximate surface area is 97.4 Å². The van der Waals surface area contributed by atoms with Gasteiger partial charge in [0.25, 0.3) is 0 Å². The number of aromatic nitrogens is 2. The summed E-state index contributed by atoms with van der Waals surface area (Å²) < 4.78 is 3.18. The van der Waals surface area contributed by atoms with Crippen molar-refractivity contribution in [2.45, 2.75) is 13.3 Å². The van der Waals surface area contributed by atoms with Crippen LogP contribution in [0.15, 0.2) is 16.6 Å². The van der Waals surface area contributed by atoms with E-state index in [-0.39, 0.29) is 0 Å². The second kappa shape index (κ2) is 3.94. The van der Waals surface area contributed by atoms with E-state index in [0.29, 0.717) is 6.54 Å². The molecule has 0 aliphatic rings. The normalized spacial score (nSPS) is 11.2. The molecule has 0 radical (unpaired) electrons. The van der Waals surface area contributed by atoms with Gasteiger partial charge in [-0.1, -0.05) is 0 Å². The zero-order valence-corrected chi connectivity index (χ0v) is 10.5. The summed E-state index contributed by atoms with van der Waals surface area (Å²) in [6.45, 7) is 2.68. The topological polar surface area (TPSA) is 43.8 Å². The molecule has 0 saturated heterocycles. The lowest BCUT2D eigenvalue weighted by Crippen LogP contribution is -2.02. The first-order chi connectivity index (χ1) is 7.13. The Morgan fingerprint density at radius 3 is 2.87 bits per heavy atom. The molecule has 0 atom stereocenters. The average molecular weight is 268 g/mol. The van der Waals surface area contributed by atoms with E-state index in [0.717, 1.165) is 27.8 Å². The molecule has 4 heteroatoms. The van der Waals surface area contributed by atoms with Gasteiger partial charge in [-0.3, -0.25) is 0 Å². The SMILES string of the molecule is Cc1nc2cc(CCN)cc(Br)c2n1C. The molecule has 0 fully saturated rings. The van der Waals surface area contributed by atoms with Crippen molar-refractivity contribution in [2.75, 3.05) is 6.54 Å². The number of rotatable bonds is 2. The van der Waals surface area contributed by atoms with Crippen LogP contribution in [0.3, 0.4) is 0 Å². The summed E-state index contributed by atoms with van der Waals surface area (Å²) in [4.78, 5) is 4.51. The van der Waals surface area contributed by atoms with Crippen LogP contribution in [0.2, 0.25) is 0 Å². The monoisotopic (exact) mass is 267 g/mol. The summed E-state index contributed by atoms with van der Waals surface area (Å²) in [5, 5.41) is 0. The second-order valence-electron chi connectivity index (χ2n) is 3.70. The molecular weight excluding hydrogens is 254 g/mol. The first-order valence-electron chi connectivity index (χ1n) is 4.95. The maximum absolute atomic E-state index is 5.55. The van der Waals surface area contributed by atoms with Gasteiger partial charge in [0.2, 0.25) is 0 Å². The third kappa shape index (κ3) is 1.79. The van der Waals surface area contributed by atoms with E-state index in [1.807, 2.05) is 14.0 Å². The highest BCUT2D eigenvalue weighted by atomic mass is 79.9. The van der Waals surface area contributed by atoms with E-state index in [2.05, 4.69) is 37.6 Å². The van der Waals surface area contributed by atoms with Crippen LogP contribution in [0.1, 0.15) is 11.4 Å². The van der Waals surface area contributed by atoms with Gasteiger partial charge in [0.15, 0.2) is 0 Å². The van der Waals surface area contributed by atoms with Crippen LogP contribution < -0.4 is 5.73 Å². The standard InChI is InChI=1S/C11H14BrN3/c1-7-14-10-6-8(3-4-13)5-9(12)11(10)15(7)2/h5-6H,3-4,13H2,1-2H3. The van der Waals surface area contributed by atoms with Crippen LogP contribution >= 0.6 is 15.9 Å². The molecule has 3 nitrogen and oxygen atoms in total. The van der Waals surface area contributed by atoms with Gasteiger partial charge in [0.05, 0.1) is 11.0 Å². The Kier molecular flexibility index (Phi) is 2.80. The molecule has 80 valence electrons. The van der Waals surface area contributed by atoms with Gasteiger partial charge in [-0.2, -0.15) is 0 Å². The fraction of sp³-hybridized carbons (Fsp3) is 0.364. The second-order valence-corrected chi connectivity index (χ2v) is 4.56. The Bertz CT molecular complexity index is 502. The fourth-order valence-corrected chi connectivity index (χ4v) is 2.54. The summed E-state index contributed by atoms with van der Waals surface area (Å²) >= 11 is 3.58. The number of nitrogens with two attached hydrogens (primary N) is 1. The van der Waals surface area contributed by atoms with Crippen molar-refractivity contribution in [3.8, 4) is 0 Å². The highest BCUT2D eigenvalue weighted by molar-refractivity contribution is 9.10. The fourth-order valence-electron chi connectivity index (χ4n) is 1.78. The van der Waals surface area contributed by atoms with Crippen molar-refractivity contribution >= 4 is 27.0 Å². The molecule has 0 aliphatic heterocycles. The molecule has 0 aliphatic carbocycles. The van der Waals surface area contributed by atoms with E-state index < -0.39 is 0 Å². The molecule has 2 aromatic rings. The molecule has 2 N–H and O–H groups in total. The Balaban J connectivity index is 2.67. The maximum Gasteiger partial charge on any atom is 0.106 e. The number of hydrogen-bond donors (Lipinski definition) is 1. The quantitative estimate of drug-likeness (QED) is 0.906. The van der Waals surface area contributed by atoms with Crippen molar-refractivity contribution in [3.63, 3.8) is 0 Å². The largest absolute Gasteiger partial charge is 0.330 e. The number of hydrogen-bond acceptors (Lipinski definition) is 2. The average Bonchev–Trinajstić information content (AvgIpc) is 2.43. The molecule has 1 aromatic carbocycles. The lowest BCUT2D eigenvalue weighted by atomic mass is 10.1. The van der Waals surface area contributed by atoms with Crippen molar-refractivity contribution in [1.29, 1.82) is 0 Å². The van der Waals surface area contributed by atoms with Crippen LogP contribution in [-0.2, 0) is 13.5 Å². The zero-order valence-electron chi connectivity index (χ0n) is 8.92. The highest BCUT2D eigenvalue weighted by Crippen LogP contribution is 2.26. The summed E-state index contributed by atoms with van der Waals surface area (Å²) in [7, 11) is 2.03. The Morgan fingerprint density at radius 2 is 2.20 bits per heavy atom. The van der Waals surface area contributed by atoms with Crippen LogP contribution in [0.25, 0.3) is 11.0 Å². The lowest BCUT2D eigenvalue weighted by Gasteiger charge is -2.03. The van der Waals surface area contributed by atoms with Gasteiger partial charge in [-0.15, -0.1) is 0 Å². The van der Waals surface area contributed by atoms with Gasteiger partial charge in [-0.05, 0) is 53.5 Å². The maximum atomic E-state index is 5.55. The van der Waals surface area contributed by atoms with Gasteiger partial charge in [0.1, 0.15) is 5.82 Å². The number of benzene rings is 1. The summed E-state index contributed by atoms with van der Waals surface area (Å²) in [6.07, 6.45) is 0.893. The van der Waals surface area contributed by atoms with Crippen LogP contribution in [0.4, 0.5) is 0 Å². The molecular formula is C11H14BrN3. The smallest absolute Gasteiger partial charge is 0.106 e. The number of imidazole rings is 1. The molecule has 0 amide bonds. The number of halogens is 1. The van der Waals surface area contributed by atoms with E-state index in [1.54, 1.807) is 0 Å². The first kappa shape index (κ1) is 10.6. The van der Waals surface area contributed by atoms with E-state index in [4.69, 9.17) is 5.73 Å². The summed E-state index contributed by atoms with van der Waals surface area (Å²) in [6, 6.07) is 4.23. The predicted molar refractivity (Wildman–Crippen MR) is 65.9 cm³/mol. The van der Waals surface area contributed by atoms with Crippen molar-refractivity contribution in [2.24, 2.45) is 12.8 Å². The van der Waals surface area contributed by atoms with Crippen LogP contribution in [-0.4, -0.2) is 16.1 Å². The number of aryl methyl sites for hydroxylation is 2. The Morgan fingerprint density at radius 1 is 1.47 bits per heavy atom. The van der Waals surface area contributed by atoms with Crippen molar-refractivity contribution < 1.29 is 0 Å². The minimum atomic E-state index is 0.670. The first-order valence-corrected chi connectivity index (χ1v) is 5.74. The molecule has 2 rings (SSSR count). The van der Waals surface area contributed by atoms with E-state index in [9.17, 15) is 0 Å². The highest BCUT2D eigenvalue weighted by Gasteiger charge is 2.08. The zero-order chi connectivity index (χ0) is 11.0.